The number of hydrogen-bond acceptors (Lipinski definition) is 7. The third kappa shape index (κ3) is 5.84. The molecule has 3 aromatic carbocycles. The van der Waals surface area contributed by atoms with Crippen molar-refractivity contribution in [3.8, 4) is 40.0 Å². The van der Waals surface area contributed by atoms with Crippen LogP contribution in [0.5, 0.6) is 11.5 Å². The molecule has 0 fully saturated rings. The molecule has 8 nitrogen and oxygen atoms in total. The van der Waals surface area contributed by atoms with Gasteiger partial charge in [-0.2, -0.15) is 5.26 Å². The van der Waals surface area contributed by atoms with Crippen molar-refractivity contribution >= 4 is 29.4 Å². The zero-order chi connectivity index (χ0) is 28.1. The van der Waals surface area contributed by atoms with E-state index in [0.717, 1.165) is 0 Å². The number of ether oxygens (including phenoxy) is 3. The van der Waals surface area contributed by atoms with Crippen LogP contribution in [0.1, 0.15) is 15.9 Å². The largest absolute Gasteiger partial charge is 0.497 e. The number of nitriles is 1. The number of anilines is 1. The van der Waals surface area contributed by atoms with Crippen LogP contribution in [0, 0.1) is 23.0 Å². The molecule has 1 heterocycles. The number of amides is 1. The van der Waals surface area contributed by atoms with Crippen molar-refractivity contribution in [2.24, 2.45) is 0 Å². The van der Waals surface area contributed by atoms with E-state index in [1.54, 1.807) is 48.5 Å². The van der Waals surface area contributed by atoms with Crippen molar-refractivity contribution in [2.45, 2.75) is 0 Å². The third-order valence-electron chi connectivity index (χ3n) is 5.57. The molecular formula is C28H19ClF2N2O6. The van der Waals surface area contributed by atoms with Crippen LogP contribution in [-0.2, 0) is 9.53 Å². The Morgan fingerprint density at radius 1 is 0.949 bits per heavy atom. The van der Waals surface area contributed by atoms with E-state index in [2.05, 4.69) is 11.4 Å². The Labute approximate surface area is 226 Å². The molecule has 0 radical (unpaired) electrons. The van der Waals surface area contributed by atoms with Crippen LogP contribution in [0.3, 0.4) is 0 Å². The van der Waals surface area contributed by atoms with Crippen molar-refractivity contribution in [3.05, 3.63) is 88.4 Å². The Morgan fingerprint density at radius 2 is 1.51 bits per heavy atom. The van der Waals surface area contributed by atoms with Crippen LogP contribution in [-0.4, -0.2) is 32.7 Å². The van der Waals surface area contributed by atoms with Crippen molar-refractivity contribution in [1.82, 2.24) is 0 Å². The first-order valence-corrected chi connectivity index (χ1v) is 11.6. The molecule has 0 aliphatic heterocycles. The number of carbonyl (C=O) groups is 2. The fraction of sp³-hybridized carbons (Fsp3) is 0.107. The highest BCUT2D eigenvalue weighted by Gasteiger charge is 2.25. The molecule has 0 unspecified atom stereocenters. The van der Waals surface area contributed by atoms with Crippen molar-refractivity contribution < 1.29 is 37.0 Å². The number of rotatable bonds is 8. The maximum absolute atomic E-state index is 13.5. The topological polar surface area (TPSA) is 111 Å². The molecule has 0 saturated carbocycles. The summed E-state index contributed by atoms with van der Waals surface area (Å²) in [4.78, 5) is 24.9. The summed E-state index contributed by atoms with van der Waals surface area (Å²) in [5, 5.41) is 12.0. The molecule has 0 bridgehead atoms. The van der Waals surface area contributed by atoms with Gasteiger partial charge in [0.2, 0.25) is 5.88 Å². The van der Waals surface area contributed by atoms with Crippen LogP contribution < -0.4 is 14.8 Å². The lowest BCUT2D eigenvalue weighted by molar-refractivity contribution is -0.119. The van der Waals surface area contributed by atoms with E-state index in [1.165, 1.54) is 14.2 Å². The van der Waals surface area contributed by atoms with Gasteiger partial charge in [0.1, 0.15) is 28.9 Å². The van der Waals surface area contributed by atoms with Gasteiger partial charge in [-0.05, 0) is 54.1 Å². The molecule has 0 saturated heterocycles. The minimum atomic E-state index is -1.30. The van der Waals surface area contributed by atoms with E-state index in [-0.39, 0.29) is 16.5 Å². The Morgan fingerprint density at radius 3 is 2.08 bits per heavy atom. The zero-order valence-corrected chi connectivity index (χ0v) is 21.3. The van der Waals surface area contributed by atoms with Crippen molar-refractivity contribution in [3.63, 3.8) is 0 Å². The summed E-state index contributed by atoms with van der Waals surface area (Å²) in [7, 11) is 3.05. The van der Waals surface area contributed by atoms with Gasteiger partial charge in [-0.15, -0.1) is 0 Å². The SMILES string of the molecule is COc1ccc(-c2oc(NC(=O)COC(=O)c3cc(F)c(F)cc3Cl)c(C#N)c2-c2ccc(OC)cc2)cc1. The molecule has 1 aromatic heterocycles. The normalized spacial score (nSPS) is 10.5. The molecule has 1 N–H and O–H groups in total. The number of esters is 1. The first-order chi connectivity index (χ1) is 18.7. The summed E-state index contributed by atoms with van der Waals surface area (Å²) in [6.45, 7) is -0.824. The van der Waals surface area contributed by atoms with Gasteiger partial charge >= 0.3 is 5.97 Å². The summed E-state index contributed by atoms with van der Waals surface area (Å²) in [6, 6.07) is 17.0. The first-order valence-electron chi connectivity index (χ1n) is 11.2. The van der Waals surface area contributed by atoms with Gasteiger partial charge in [-0.1, -0.05) is 23.7 Å². The molecule has 0 aliphatic carbocycles. The number of hydrogen-bond donors (Lipinski definition) is 1. The molecular weight excluding hydrogens is 534 g/mol. The number of carbonyl (C=O) groups excluding carboxylic acids is 2. The Balaban J connectivity index is 1.63. The number of nitrogens with zero attached hydrogens (tertiary/aromatic N) is 1. The summed E-state index contributed by atoms with van der Waals surface area (Å²) >= 11 is 5.78. The monoisotopic (exact) mass is 552 g/mol. The Kier molecular flexibility index (Phi) is 8.13. The number of benzene rings is 3. The lowest BCUT2D eigenvalue weighted by Gasteiger charge is -2.07. The molecule has 0 atom stereocenters. The minimum Gasteiger partial charge on any atom is -0.497 e. The van der Waals surface area contributed by atoms with E-state index in [0.29, 0.717) is 46.1 Å². The second-order valence-electron chi connectivity index (χ2n) is 7.95. The minimum absolute atomic E-state index is 0.0225. The summed E-state index contributed by atoms with van der Waals surface area (Å²) in [5.74, 6) is -3.22. The lowest BCUT2D eigenvalue weighted by atomic mass is 9.98. The summed E-state index contributed by atoms with van der Waals surface area (Å²) in [5.41, 5.74) is 1.18. The quantitative estimate of drug-likeness (QED) is 0.204. The average Bonchev–Trinajstić information content (AvgIpc) is 3.31. The highest BCUT2D eigenvalue weighted by atomic mass is 35.5. The van der Waals surface area contributed by atoms with Gasteiger partial charge in [0.25, 0.3) is 5.91 Å². The van der Waals surface area contributed by atoms with Gasteiger partial charge in [0.15, 0.2) is 18.2 Å². The number of nitrogens with one attached hydrogen (secondary N) is 1. The molecule has 1 amide bonds. The first kappa shape index (κ1) is 27.2. The predicted octanol–water partition coefficient (Wildman–Crippen LogP) is 6.23. The number of furan rings is 1. The Bertz CT molecular complexity index is 1580. The van der Waals surface area contributed by atoms with Crippen molar-refractivity contribution in [2.75, 3.05) is 26.1 Å². The van der Waals surface area contributed by atoms with Gasteiger partial charge in [0.05, 0.1) is 24.8 Å². The van der Waals surface area contributed by atoms with E-state index in [4.69, 9.17) is 30.2 Å². The number of halogens is 3. The zero-order valence-electron chi connectivity index (χ0n) is 20.5. The van der Waals surface area contributed by atoms with Crippen LogP contribution in [0.2, 0.25) is 5.02 Å². The average molecular weight is 553 g/mol. The third-order valence-corrected chi connectivity index (χ3v) is 5.88. The van der Waals surface area contributed by atoms with Gasteiger partial charge in [0, 0.05) is 11.1 Å². The van der Waals surface area contributed by atoms with Crippen LogP contribution in [0.15, 0.2) is 65.1 Å². The van der Waals surface area contributed by atoms with Crippen LogP contribution >= 0.6 is 11.6 Å². The Hall–Kier alpha value is -4.88. The fourth-order valence-electron chi connectivity index (χ4n) is 3.66. The molecule has 198 valence electrons. The smallest absolute Gasteiger partial charge is 0.340 e. The van der Waals surface area contributed by atoms with E-state index in [1.807, 2.05) is 0 Å². The maximum atomic E-state index is 13.5. The molecule has 0 aliphatic rings. The molecule has 0 spiro atoms. The summed E-state index contributed by atoms with van der Waals surface area (Å²) < 4.78 is 48.0. The molecule has 4 rings (SSSR count). The van der Waals surface area contributed by atoms with E-state index >= 15 is 0 Å². The second-order valence-corrected chi connectivity index (χ2v) is 8.36. The fourth-order valence-corrected chi connectivity index (χ4v) is 3.88. The van der Waals surface area contributed by atoms with Gasteiger partial charge in [-0.3, -0.25) is 10.1 Å². The predicted molar refractivity (Wildman–Crippen MR) is 138 cm³/mol. The maximum Gasteiger partial charge on any atom is 0.340 e. The second kappa shape index (κ2) is 11.7. The standard InChI is InChI=1S/C28H19ClF2N2O6/c1-36-17-7-3-15(4-8-17)25-20(13-32)27(39-26(25)16-5-9-18(37-2)10-6-16)33-24(34)14-38-28(35)19-11-22(30)23(31)12-21(19)29/h3-12H,14H2,1-2H3,(H,33,34). The van der Waals surface area contributed by atoms with Crippen molar-refractivity contribution in [1.29, 1.82) is 5.26 Å². The van der Waals surface area contributed by atoms with Gasteiger partial charge in [-0.25, -0.2) is 13.6 Å². The van der Waals surface area contributed by atoms with Gasteiger partial charge < -0.3 is 18.6 Å². The lowest BCUT2D eigenvalue weighted by Crippen LogP contribution is -2.21. The molecule has 39 heavy (non-hydrogen) atoms. The highest BCUT2D eigenvalue weighted by Crippen LogP contribution is 2.42. The molecule has 11 heteroatoms. The molecule has 4 aromatic rings. The van der Waals surface area contributed by atoms with Crippen LogP contribution in [0.4, 0.5) is 14.7 Å². The van der Waals surface area contributed by atoms with E-state index in [9.17, 15) is 23.6 Å². The summed E-state index contributed by atoms with van der Waals surface area (Å²) in [6.07, 6.45) is 0. The highest BCUT2D eigenvalue weighted by molar-refractivity contribution is 6.33. The van der Waals surface area contributed by atoms with Crippen LogP contribution in [0.25, 0.3) is 22.5 Å². The number of methoxy groups -OCH3 is 2. The van der Waals surface area contributed by atoms with E-state index < -0.39 is 35.7 Å².